The third kappa shape index (κ3) is 2.27. The van der Waals surface area contributed by atoms with Crippen molar-refractivity contribution in [2.75, 3.05) is 13.1 Å². The molecule has 16 heavy (non-hydrogen) atoms. The minimum atomic E-state index is 0.607. The van der Waals surface area contributed by atoms with E-state index in [0.717, 1.165) is 13.1 Å². The van der Waals surface area contributed by atoms with E-state index < -0.39 is 0 Å². The Labute approximate surface area is 97.1 Å². The van der Waals surface area contributed by atoms with Crippen LogP contribution in [0.3, 0.4) is 0 Å². The standard InChI is InChI=1S/C14H20N2/c1-3-15-9-8-11(2)13-10-16-14-7-5-4-6-12(13)14/h4-7,10-11,15-16H,3,8-9H2,1-2H3. The zero-order valence-corrected chi connectivity index (χ0v) is 10.1. The van der Waals surface area contributed by atoms with Gasteiger partial charge in [0.1, 0.15) is 0 Å². The summed E-state index contributed by atoms with van der Waals surface area (Å²) in [6, 6.07) is 8.52. The van der Waals surface area contributed by atoms with Crippen LogP contribution in [0.4, 0.5) is 0 Å². The number of para-hydroxylation sites is 1. The highest BCUT2D eigenvalue weighted by Crippen LogP contribution is 2.26. The second kappa shape index (κ2) is 5.17. The Morgan fingerprint density at radius 3 is 2.94 bits per heavy atom. The first-order valence-corrected chi connectivity index (χ1v) is 6.09. The van der Waals surface area contributed by atoms with Crippen LogP contribution in [0.25, 0.3) is 10.9 Å². The van der Waals surface area contributed by atoms with Crippen molar-refractivity contribution in [1.82, 2.24) is 10.3 Å². The van der Waals surface area contributed by atoms with Crippen molar-refractivity contribution < 1.29 is 0 Å². The third-order valence-electron chi connectivity index (χ3n) is 3.16. The molecule has 86 valence electrons. The van der Waals surface area contributed by atoms with E-state index in [1.807, 2.05) is 0 Å². The Bertz CT molecular complexity index is 445. The molecular formula is C14H20N2. The Morgan fingerprint density at radius 2 is 2.12 bits per heavy atom. The molecule has 2 nitrogen and oxygen atoms in total. The zero-order valence-electron chi connectivity index (χ0n) is 10.1. The highest BCUT2D eigenvalue weighted by molar-refractivity contribution is 5.83. The summed E-state index contributed by atoms with van der Waals surface area (Å²) in [6.45, 7) is 6.60. The summed E-state index contributed by atoms with van der Waals surface area (Å²) in [7, 11) is 0. The average molecular weight is 216 g/mol. The van der Waals surface area contributed by atoms with Crippen molar-refractivity contribution >= 4 is 10.9 Å². The van der Waals surface area contributed by atoms with Crippen LogP contribution < -0.4 is 5.32 Å². The SMILES string of the molecule is CCNCCC(C)c1c[nH]c2ccccc12. The van der Waals surface area contributed by atoms with Gasteiger partial charge in [0.05, 0.1) is 0 Å². The van der Waals surface area contributed by atoms with Gasteiger partial charge < -0.3 is 10.3 Å². The molecule has 0 aliphatic rings. The van der Waals surface area contributed by atoms with Gasteiger partial charge in [0.15, 0.2) is 0 Å². The van der Waals surface area contributed by atoms with E-state index in [0.29, 0.717) is 5.92 Å². The van der Waals surface area contributed by atoms with Gasteiger partial charge >= 0.3 is 0 Å². The highest BCUT2D eigenvalue weighted by atomic mass is 14.8. The summed E-state index contributed by atoms with van der Waals surface area (Å²) in [6.07, 6.45) is 3.34. The topological polar surface area (TPSA) is 27.8 Å². The molecule has 1 atom stereocenters. The summed E-state index contributed by atoms with van der Waals surface area (Å²) in [5.74, 6) is 0.607. The molecule has 1 heterocycles. The summed E-state index contributed by atoms with van der Waals surface area (Å²) in [5.41, 5.74) is 2.68. The molecule has 1 aromatic carbocycles. The minimum Gasteiger partial charge on any atom is -0.361 e. The molecule has 2 heteroatoms. The third-order valence-corrected chi connectivity index (χ3v) is 3.16. The number of benzene rings is 1. The normalized spacial score (nSPS) is 13.1. The second-order valence-corrected chi connectivity index (χ2v) is 4.33. The van der Waals surface area contributed by atoms with Crippen LogP contribution in [0.5, 0.6) is 0 Å². The maximum absolute atomic E-state index is 3.38. The van der Waals surface area contributed by atoms with E-state index >= 15 is 0 Å². The summed E-state index contributed by atoms with van der Waals surface area (Å²) >= 11 is 0. The monoisotopic (exact) mass is 216 g/mol. The molecular weight excluding hydrogens is 196 g/mol. The maximum Gasteiger partial charge on any atom is 0.0456 e. The van der Waals surface area contributed by atoms with Crippen LogP contribution in [0.1, 0.15) is 31.7 Å². The molecule has 0 spiro atoms. The molecule has 0 radical (unpaired) electrons. The van der Waals surface area contributed by atoms with Crippen LogP contribution in [-0.2, 0) is 0 Å². The number of hydrogen-bond donors (Lipinski definition) is 2. The fourth-order valence-corrected chi connectivity index (χ4v) is 2.15. The molecule has 0 saturated heterocycles. The van der Waals surface area contributed by atoms with Gasteiger partial charge in [-0.05, 0) is 37.1 Å². The van der Waals surface area contributed by atoms with Gasteiger partial charge in [0.2, 0.25) is 0 Å². The predicted molar refractivity (Wildman–Crippen MR) is 69.9 cm³/mol. The van der Waals surface area contributed by atoms with Crippen LogP contribution in [0, 0.1) is 0 Å². The second-order valence-electron chi connectivity index (χ2n) is 4.33. The van der Waals surface area contributed by atoms with Gasteiger partial charge in [-0.1, -0.05) is 32.0 Å². The van der Waals surface area contributed by atoms with Gasteiger partial charge in [0.25, 0.3) is 0 Å². The Morgan fingerprint density at radius 1 is 1.31 bits per heavy atom. The summed E-state index contributed by atoms with van der Waals surface area (Å²) in [5, 5.41) is 4.75. The fourth-order valence-electron chi connectivity index (χ4n) is 2.15. The van der Waals surface area contributed by atoms with Crippen molar-refractivity contribution in [2.45, 2.75) is 26.2 Å². The average Bonchev–Trinajstić information content (AvgIpc) is 2.73. The van der Waals surface area contributed by atoms with Crippen molar-refractivity contribution in [2.24, 2.45) is 0 Å². The van der Waals surface area contributed by atoms with Crippen LogP contribution in [0.2, 0.25) is 0 Å². The fraction of sp³-hybridized carbons (Fsp3) is 0.429. The van der Waals surface area contributed by atoms with Gasteiger partial charge in [-0.25, -0.2) is 0 Å². The number of hydrogen-bond acceptors (Lipinski definition) is 1. The van der Waals surface area contributed by atoms with Gasteiger partial charge in [-0.3, -0.25) is 0 Å². The van der Waals surface area contributed by atoms with E-state index in [4.69, 9.17) is 0 Å². The van der Waals surface area contributed by atoms with Gasteiger partial charge in [-0.15, -0.1) is 0 Å². The lowest BCUT2D eigenvalue weighted by Crippen LogP contribution is -2.15. The largest absolute Gasteiger partial charge is 0.361 e. The molecule has 0 fully saturated rings. The summed E-state index contributed by atoms with van der Waals surface area (Å²) in [4.78, 5) is 3.34. The molecule has 2 aromatic rings. The molecule has 2 N–H and O–H groups in total. The van der Waals surface area contributed by atoms with Crippen molar-refractivity contribution in [3.05, 3.63) is 36.0 Å². The number of aromatic nitrogens is 1. The van der Waals surface area contributed by atoms with Gasteiger partial charge in [0, 0.05) is 17.1 Å². The molecule has 0 aliphatic carbocycles. The number of aromatic amines is 1. The van der Waals surface area contributed by atoms with Crippen LogP contribution in [-0.4, -0.2) is 18.1 Å². The van der Waals surface area contributed by atoms with E-state index in [2.05, 4.69) is 54.6 Å². The number of rotatable bonds is 5. The van der Waals surface area contributed by atoms with E-state index in [1.54, 1.807) is 0 Å². The predicted octanol–water partition coefficient (Wildman–Crippen LogP) is 3.27. The first-order valence-electron chi connectivity index (χ1n) is 6.09. The molecule has 0 aliphatic heterocycles. The minimum absolute atomic E-state index is 0.607. The van der Waals surface area contributed by atoms with Crippen LogP contribution in [0.15, 0.2) is 30.5 Å². The zero-order chi connectivity index (χ0) is 11.4. The van der Waals surface area contributed by atoms with Crippen molar-refractivity contribution in [3.63, 3.8) is 0 Å². The molecule has 0 amide bonds. The molecule has 2 rings (SSSR count). The molecule has 1 unspecified atom stereocenters. The molecule has 1 aromatic heterocycles. The Hall–Kier alpha value is -1.28. The van der Waals surface area contributed by atoms with Crippen LogP contribution >= 0.6 is 0 Å². The lowest BCUT2D eigenvalue weighted by atomic mass is 9.97. The first kappa shape index (κ1) is 11.2. The Kier molecular flexibility index (Phi) is 3.62. The smallest absolute Gasteiger partial charge is 0.0456 e. The first-order chi connectivity index (χ1) is 7.83. The lowest BCUT2D eigenvalue weighted by molar-refractivity contribution is 0.611. The lowest BCUT2D eigenvalue weighted by Gasteiger charge is -2.10. The van der Waals surface area contributed by atoms with E-state index in [9.17, 15) is 0 Å². The van der Waals surface area contributed by atoms with E-state index in [-0.39, 0.29) is 0 Å². The number of nitrogens with one attached hydrogen (secondary N) is 2. The van der Waals surface area contributed by atoms with Crippen molar-refractivity contribution in [1.29, 1.82) is 0 Å². The number of fused-ring (bicyclic) bond motifs is 1. The number of H-pyrrole nitrogens is 1. The van der Waals surface area contributed by atoms with Crippen molar-refractivity contribution in [3.8, 4) is 0 Å². The Balaban J connectivity index is 2.13. The van der Waals surface area contributed by atoms with Gasteiger partial charge in [-0.2, -0.15) is 0 Å². The highest BCUT2D eigenvalue weighted by Gasteiger charge is 2.10. The maximum atomic E-state index is 3.38. The summed E-state index contributed by atoms with van der Waals surface area (Å²) < 4.78 is 0. The molecule has 0 bridgehead atoms. The molecule has 0 saturated carbocycles. The van der Waals surface area contributed by atoms with E-state index in [1.165, 1.54) is 22.9 Å². The quantitative estimate of drug-likeness (QED) is 0.738.